The van der Waals surface area contributed by atoms with Crippen molar-refractivity contribution in [2.24, 2.45) is 5.92 Å². The second-order valence-corrected chi connectivity index (χ2v) is 10.5. The first-order valence-corrected chi connectivity index (χ1v) is 13.0. The molecule has 2 aromatic rings. The number of para-hydroxylation sites is 1. The average molecular weight is 499 g/mol. The van der Waals surface area contributed by atoms with Crippen molar-refractivity contribution in [2.75, 3.05) is 11.4 Å². The minimum atomic E-state index is -0.186. The zero-order valence-electron chi connectivity index (χ0n) is 18.8. The molecule has 0 aromatic heterocycles. The Balaban J connectivity index is 1.67. The molecule has 4 rings (SSSR count). The number of carbonyl (C=O) groups excluding carboxylic acids is 2. The molecular formula is C26H27ClN2O2S2. The summed E-state index contributed by atoms with van der Waals surface area (Å²) < 4.78 is 0.535. The highest BCUT2D eigenvalue weighted by Gasteiger charge is 2.42. The number of hydrogen-bond acceptors (Lipinski definition) is 4. The van der Waals surface area contributed by atoms with Crippen molar-refractivity contribution in [3.63, 3.8) is 0 Å². The van der Waals surface area contributed by atoms with Crippen molar-refractivity contribution in [1.82, 2.24) is 4.90 Å². The fraction of sp³-hybridized carbons (Fsp3) is 0.346. The quantitative estimate of drug-likeness (QED) is 0.301. The van der Waals surface area contributed by atoms with E-state index in [0.29, 0.717) is 38.8 Å². The molecule has 0 radical (unpaired) electrons. The number of hydrogen-bond donors (Lipinski definition) is 0. The molecule has 2 amide bonds. The first kappa shape index (κ1) is 24.0. The molecule has 1 fully saturated rings. The van der Waals surface area contributed by atoms with E-state index in [2.05, 4.69) is 13.8 Å². The molecule has 2 aromatic carbocycles. The van der Waals surface area contributed by atoms with Crippen LogP contribution < -0.4 is 4.90 Å². The van der Waals surface area contributed by atoms with Gasteiger partial charge in [-0.2, -0.15) is 0 Å². The summed E-state index contributed by atoms with van der Waals surface area (Å²) in [5.41, 5.74) is 2.86. The lowest BCUT2D eigenvalue weighted by Crippen LogP contribution is -2.33. The number of thiocarbonyl (C=S) groups is 1. The number of unbranched alkanes of at least 4 members (excludes halogenated alkanes) is 1. The maximum Gasteiger partial charge on any atom is 0.267 e. The van der Waals surface area contributed by atoms with Crippen LogP contribution >= 0.6 is 35.6 Å². The van der Waals surface area contributed by atoms with E-state index in [4.69, 9.17) is 23.8 Å². The minimum absolute atomic E-state index is 0.155. The van der Waals surface area contributed by atoms with Gasteiger partial charge >= 0.3 is 0 Å². The summed E-state index contributed by atoms with van der Waals surface area (Å²) in [5, 5.41) is 0.611. The second kappa shape index (κ2) is 10.4. The number of benzene rings is 2. The smallest absolute Gasteiger partial charge is 0.267 e. The summed E-state index contributed by atoms with van der Waals surface area (Å²) in [5.74, 6) is 0.0624. The fourth-order valence-corrected chi connectivity index (χ4v) is 5.88. The van der Waals surface area contributed by atoms with Crippen LogP contribution in [-0.4, -0.2) is 27.6 Å². The summed E-state index contributed by atoms with van der Waals surface area (Å²) in [4.78, 5) is 30.9. The zero-order chi connectivity index (χ0) is 23.5. The van der Waals surface area contributed by atoms with Crippen molar-refractivity contribution < 1.29 is 9.59 Å². The fourth-order valence-electron chi connectivity index (χ4n) is 4.34. The normalized spacial score (nSPS) is 18.9. The third-order valence-corrected chi connectivity index (χ3v) is 8.09. The first-order chi connectivity index (χ1) is 16.0. The minimum Gasteiger partial charge on any atom is -0.303 e. The van der Waals surface area contributed by atoms with Gasteiger partial charge in [-0.3, -0.25) is 14.5 Å². The molecule has 0 spiro atoms. The van der Waals surface area contributed by atoms with Crippen LogP contribution in [0.4, 0.5) is 5.69 Å². The second-order valence-electron chi connectivity index (χ2n) is 8.40. The third kappa shape index (κ3) is 4.75. The van der Waals surface area contributed by atoms with E-state index in [1.54, 1.807) is 9.80 Å². The Hall–Kier alpha value is -2.15. The number of fused-ring (bicyclic) bond motifs is 1. The van der Waals surface area contributed by atoms with Crippen molar-refractivity contribution in [2.45, 2.75) is 46.1 Å². The standard InChI is InChI=1S/C26H27ClN2O2S2/c1-3-5-10-17(4-2)15-29-25(31)23(33-26(29)32)22-19-12-7-9-14-21(19)28(24(22)30)16-18-11-6-8-13-20(18)27/h6-9,11-14,17H,3-5,10,15-16H2,1-2H3/b23-22-/t17-/m0/s1. The van der Waals surface area contributed by atoms with Gasteiger partial charge in [0.05, 0.1) is 22.7 Å². The Labute approximate surface area is 210 Å². The van der Waals surface area contributed by atoms with Gasteiger partial charge in [0.2, 0.25) is 0 Å². The zero-order valence-corrected chi connectivity index (χ0v) is 21.2. The van der Waals surface area contributed by atoms with Crippen molar-refractivity contribution in [1.29, 1.82) is 0 Å². The van der Waals surface area contributed by atoms with Crippen LogP contribution in [0.1, 0.15) is 50.7 Å². The van der Waals surface area contributed by atoms with Gasteiger partial charge in [-0.05, 0) is 30.0 Å². The highest BCUT2D eigenvalue weighted by molar-refractivity contribution is 8.26. The summed E-state index contributed by atoms with van der Waals surface area (Å²) in [6, 6.07) is 15.1. The molecule has 0 saturated carbocycles. The lowest BCUT2D eigenvalue weighted by atomic mass is 9.98. The maximum atomic E-state index is 13.6. The van der Waals surface area contributed by atoms with E-state index in [1.165, 1.54) is 11.8 Å². The molecule has 2 heterocycles. The molecule has 33 heavy (non-hydrogen) atoms. The van der Waals surface area contributed by atoms with Gasteiger partial charge in [-0.1, -0.05) is 105 Å². The predicted octanol–water partition coefficient (Wildman–Crippen LogP) is 6.67. The van der Waals surface area contributed by atoms with Crippen LogP contribution in [0.25, 0.3) is 5.57 Å². The molecule has 7 heteroatoms. The van der Waals surface area contributed by atoms with E-state index in [0.717, 1.165) is 42.5 Å². The number of thioether (sulfide) groups is 1. The highest BCUT2D eigenvalue weighted by atomic mass is 35.5. The van der Waals surface area contributed by atoms with Crippen molar-refractivity contribution >= 4 is 63.0 Å². The number of halogens is 1. The van der Waals surface area contributed by atoms with Crippen LogP contribution in [-0.2, 0) is 16.1 Å². The van der Waals surface area contributed by atoms with Crippen LogP contribution in [0.5, 0.6) is 0 Å². The Morgan fingerprint density at radius 3 is 2.45 bits per heavy atom. The van der Waals surface area contributed by atoms with Crippen molar-refractivity contribution in [3.8, 4) is 0 Å². The van der Waals surface area contributed by atoms with Gasteiger partial charge in [0.15, 0.2) is 0 Å². The van der Waals surface area contributed by atoms with Crippen LogP contribution in [0, 0.1) is 5.92 Å². The van der Waals surface area contributed by atoms with Crippen molar-refractivity contribution in [3.05, 3.63) is 69.6 Å². The maximum absolute atomic E-state index is 13.6. The molecule has 0 N–H and O–H groups in total. The number of anilines is 1. The van der Waals surface area contributed by atoms with Gasteiger partial charge in [0.1, 0.15) is 4.32 Å². The highest BCUT2D eigenvalue weighted by Crippen LogP contribution is 2.45. The molecule has 172 valence electrons. The Morgan fingerprint density at radius 2 is 1.73 bits per heavy atom. The van der Waals surface area contributed by atoms with Gasteiger partial charge in [-0.15, -0.1) is 0 Å². The summed E-state index contributed by atoms with van der Waals surface area (Å²) in [6.07, 6.45) is 4.34. The number of nitrogens with zero attached hydrogens (tertiary/aromatic N) is 2. The van der Waals surface area contributed by atoms with Gasteiger partial charge in [0.25, 0.3) is 11.8 Å². The SMILES string of the molecule is CCCC[C@H](CC)CN1C(=O)/C(=C2/C(=O)N(Cc3ccccc3Cl)c3ccccc32)SC1=S. The third-order valence-electron chi connectivity index (χ3n) is 6.27. The lowest BCUT2D eigenvalue weighted by Gasteiger charge is -2.21. The molecule has 0 aliphatic carbocycles. The topological polar surface area (TPSA) is 40.6 Å². The number of rotatable bonds is 8. The molecule has 0 unspecified atom stereocenters. The summed E-state index contributed by atoms with van der Waals surface area (Å²) in [7, 11) is 0. The van der Waals surface area contributed by atoms with E-state index >= 15 is 0 Å². The number of carbonyl (C=O) groups is 2. The van der Waals surface area contributed by atoms with E-state index in [-0.39, 0.29) is 11.8 Å². The van der Waals surface area contributed by atoms with E-state index in [9.17, 15) is 9.59 Å². The summed E-state index contributed by atoms with van der Waals surface area (Å²) >= 11 is 13.2. The van der Waals surface area contributed by atoms with Gasteiger partial charge in [-0.25, -0.2) is 0 Å². The molecular weight excluding hydrogens is 472 g/mol. The molecule has 1 atom stereocenters. The number of amides is 2. The Kier molecular flexibility index (Phi) is 7.57. The molecule has 4 nitrogen and oxygen atoms in total. The van der Waals surface area contributed by atoms with Gasteiger partial charge < -0.3 is 4.90 Å². The molecule has 1 saturated heterocycles. The van der Waals surface area contributed by atoms with E-state index < -0.39 is 0 Å². The van der Waals surface area contributed by atoms with Crippen LogP contribution in [0.2, 0.25) is 5.02 Å². The van der Waals surface area contributed by atoms with Crippen LogP contribution in [0.15, 0.2) is 53.4 Å². The largest absolute Gasteiger partial charge is 0.303 e. The Morgan fingerprint density at radius 1 is 1.00 bits per heavy atom. The molecule has 2 aliphatic rings. The Bertz CT molecular complexity index is 1130. The monoisotopic (exact) mass is 498 g/mol. The average Bonchev–Trinajstić information content (AvgIpc) is 3.25. The lowest BCUT2D eigenvalue weighted by molar-refractivity contribution is -0.123. The van der Waals surface area contributed by atoms with E-state index in [1.807, 2.05) is 48.5 Å². The van der Waals surface area contributed by atoms with Gasteiger partial charge in [0, 0.05) is 17.1 Å². The van der Waals surface area contributed by atoms with Crippen LogP contribution in [0.3, 0.4) is 0 Å². The summed E-state index contributed by atoms with van der Waals surface area (Å²) in [6.45, 7) is 5.28. The molecule has 0 bridgehead atoms. The predicted molar refractivity (Wildman–Crippen MR) is 141 cm³/mol. The first-order valence-electron chi connectivity index (χ1n) is 11.4. The molecule has 2 aliphatic heterocycles.